The zero-order chi connectivity index (χ0) is 11.7. The summed E-state index contributed by atoms with van der Waals surface area (Å²) in [5, 5.41) is 20.5. The predicted octanol–water partition coefficient (Wildman–Crippen LogP) is -0.776. The van der Waals surface area contributed by atoms with Gasteiger partial charge in [-0.15, -0.1) is 0 Å². The average Bonchev–Trinajstić information content (AvgIpc) is 2.27. The molecule has 5 nitrogen and oxygen atoms in total. The van der Waals surface area contributed by atoms with Crippen LogP contribution < -0.4 is 5.32 Å². The molecule has 0 aromatic carbocycles. The molecule has 2 unspecified atom stereocenters. The molecule has 0 saturated carbocycles. The Kier molecular flexibility index (Phi) is 8.79. The molecule has 0 aliphatic carbocycles. The van der Waals surface area contributed by atoms with Crippen molar-refractivity contribution >= 4 is 17.7 Å². The number of methoxy groups -OCH3 is 1. The van der Waals surface area contributed by atoms with Gasteiger partial charge in [0.15, 0.2) is 0 Å². The van der Waals surface area contributed by atoms with Crippen molar-refractivity contribution in [2.75, 3.05) is 32.3 Å². The summed E-state index contributed by atoms with van der Waals surface area (Å²) in [5.74, 6) is 0.937. The standard InChI is InChI=1S/C9H19NO4S/c1-10-8(9(13)14-2)3-4-15-6-7(12)5-11/h7-8,10-12H,3-6H2,1-2H3. The van der Waals surface area contributed by atoms with E-state index in [9.17, 15) is 4.79 Å². The quantitative estimate of drug-likeness (QED) is 0.380. The number of ether oxygens (including phenoxy) is 1. The van der Waals surface area contributed by atoms with Gasteiger partial charge < -0.3 is 20.3 Å². The lowest BCUT2D eigenvalue weighted by molar-refractivity contribution is -0.143. The number of aliphatic hydroxyl groups excluding tert-OH is 2. The monoisotopic (exact) mass is 237 g/mol. The summed E-state index contributed by atoms with van der Waals surface area (Å²) in [6.07, 6.45) is -0.0346. The highest BCUT2D eigenvalue weighted by atomic mass is 32.2. The molecule has 3 N–H and O–H groups in total. The molecule has 0 aromatic heterocycles. The Morgan fingerprint density at radius 2 is 2.27 bits per heavy atom. The van der Waals surface area contributed by atoms with Crippen LogP contribution in [-0.4, -0.2) is 60.6 Å². The lowest BCUT2D eigenvalue weighted by Crippen LogP contribution is -2.35. The van der Waals surface area contributed by atoms with Gasteiger partial charge in [0.25, 0.3) is 0 Å². The fraction of sp³-hybridized carbons (Fsp3) is 0.889. The van der Waals surface area contributed by atoms with Crippen LogP contribution in [0.15, 0.2) is 0 Å². The summed E-state index contributed by atoms with van der Waals surface area (Å²) in [6.45, 7) is -0.223. The maximum Gasteiger partial charge on any atom is 0.322 e. The van der Waals surface area contributed by atoms with Crippen molar-refractivity contribution in [2.24, 2.45) is 0 Å². The summed E-state index contributed by atoms with van der Waals surface area (Å²) >= 11 is 1.50. The van der Waals surface area contributed by atoms with E-state index in [0.717, 1.165) is 5.75 Å². The van der Waals surface area contributed by atoms with Crippen LogP contribution in [-0.2, 0) is 9.53 Å². The van der Waals surface area contributed by atoms with E-state index in [2.05, 4.69) is 10.1 Å². The second-order valence-electron chi connectivity index (χ2n) is 3.06. The van der Waals surface area contributed by atoms with Gasteiger partial charge in [0.05, 0.1) is 19.8 Å². The van der Waals surface area contributed by atoms with Crippen molar-refractivity contribution in [1.82, 2.24) is 5.32 Å². The predicted molar refractivity (Wildman–Crippen MR) is 59.9 cm³/mol. The van der Waals surface area contributed by atoms with Gasteiger partial charge in [-0.25, -0.2) is 0 Å². The van der Waals surface area contributed by atoms with E-state index >= 15 is 0 Å². The molecule has 0 bridgehead atoms. The third-order valence-corrected chi connectivity index (χ3v) is 3.05. The molecular weight excluding hydrogens is 218 g/mol. The van der Waals surface area contributed by atoms with Crippen molar-refractivity contribution < 1.29 is 19.7 Å². The largest absolute Gasteiger partial charge is 0.468 e. The van der Waals surface area contributed by atoms with Crippen molar-refractivity contribution in [3.63, 3.8) is 0 Å². The summed E-state index contributed by atoms with van der Waals surface area (Å²) in [7, 11) is 3.06. The third-order valence-electron chi connectivity index (χ3n) is 1.91. The normalized spacial score (nSPS) is 14.7. The van der Waals surface area contributed by atoms with Crippen LogP contribution in [0.25, 0.3) is 0 Å². The number of carbonyl (C=O) groups excluding carboxylic acids is 1. The fourth-order valence-electron chi connectivity index (χ4n) is 0.996. The first kappa shape index (κ1) is 14.7. The van der Waals surface area contributed by atoms with Crippen LogP contribution in [0.5, 0.6) is 0 Å². The highest BCUT2D eigenvalue weighted by molar-refractivity contribution is 7.99. The molecule has 0 amide bonds. The van der Waals surface area contributed by atoms with E-state index in [1.165, 1.54) is 18.9 Å². The number of thioether (sulfide) groups is 1. The number of rotatable bonds is 8. The molecule has 2 atom stereocenters. The summed E-state index contributed by atoms with van der Waals surface area (Å²) in [5.41, 5.74) is 0. The fourth-order valence-corrected chi connectivity index (χ4v) is 1.94. The molecule has 0 heterocycles. The Balaban J connectivity index is 3.59. The first-order chi connectivity index (χ1) is 7.15. The third kappa shape index (κ3) is 6.72. The molecule has 0 aliphatic rings. The first-order valence-corrected chi connectivity index (χ1v) is 5.93. The molecule has 0 spiro atoms. The van der Waals surface area contributed by atoms with E-state index < -0.39 is 6.10 Å². The van der Waals surface area contributed by atoms with Gasteiger partial charge in [0.2, 0.25) is 0 Å². The Labute approximate surface area is 94.2 Å². The van der Waals surface area contributed by atoms with Gasteiger partial charge >= 0.3 is 5.97 Å². The van der Waals surface area contributed by atoms with E-state index in [1.54, 1.807) is 7.05 Å². The second kappa shape index (κ2) is 8.96. The number of esters is 1. The maximum atomic E-state index is 11.1. The van der Waals surface area contributed by atoms with E-state index in [0.29, 0.717) is 12.2 Å². The Morgan fingerprint density at radius 1 is 1.60 bits per heavy atom. The highest BCUT2D eigenvalue weighted by Crippen LogP contribution is 2.07. The molecule has 0 aromatic rings. The first-order valence-electron chi connectivity index (χ1n) is 4.77. The SMILES string of the molecule is CNC(CCSCC(O)CO)C(=O)OC. The number of nitrogens with one attached hydrogen (secondary N) is 1. The van der Waals surface area contributed by atoms with Crippen LogP contribution in [0.2, 0.25) is 0 Å². The van der Waals surface area contributed by atoms with Crippen LogP contribution in [0.3, 0.4) is 0 Å². The zero-order valence-electron chi connectivity index (χ0n) is 9.10. The number of likely N-dealkylation sites (N-methyl/N-ethyl adjacent to an activating group) is 1. The van der Waals surface area contributed by atoms with Crippen LogP contribution in [0.1, 0.15) is 6.42 Å². The molecular formula is C9H19NO4S. The minimum Gasteiger partial charge on any atom is -0.468 e. The highest BCUT2D eigenvalue weighted by Gasteiger charge is 2.16. The lowest BCUT2D eigenvalue weighted by Gasteiger charge is -2.13. The van der Waals surface area contributed by atoms with Crippen LogP contribution in [0, 0.1) is 0 Å². The molecule has 0 aliphatic heterocycles. The average molecular weight is 237 g/mol. The summed E-state index contributed by atoms with van der Waals surface area (Å²) in [6, 6.07) is -0.297. The molecule has 0 saturated heterocycles. The van der Waals surface area contributed by atoms with Gasteiger partial charge in [-0.05, 0) is 19.2 Å². The molecule has 15 heavy (non-hydrogen) atoms. The minimum atomic E-state index is -0.679. The molecule has 0 rings (SSSR count). The van der Waals surface area contributed by atoms with E-state index in [-0.39, 0.29) is 18.6 Å². The maximum absolute atomic E-state index is 11.1. The topological polar surface area (TPSA) is 78.8 Å². The molecule has 0 radical (unpaired) electrons. The number of hydrogen-bond acceptors (Lipinski definition) is 6. The van der Waals surface area contributed by atoms with Crippen molar-refractivity contribution in [3.8, 4) is 0 Å². The smallest absolute Gasteiger partial charge is 0.322 e. The van der Waals surface area contributed by atoms with Gasteiger partial charge in [0, 0.05) is 5.75 Å². The summed E-state index contributed by atoms with van der Waals surface area (Å²) < 4.78 is 4.60. The van der Waals surface area contributed by atoms with Gasteiger partial charge in [-0.2, -0.15) is 11.8 Å². The van der Waals surface area contributed by atoms with Gasteiger partial charge in [-0.1, -0.05) is 0 Å². The Hall–Kier alpha value is -0.300. The number of carbonyl (C=O) groups is 1. The van der Waals surface area contributed by atoms with Crippen molar-refractivity contribution in [3.05, 3.63) is 0 Å². The Bertz CT molecular complexity index is 179. The van der Waals surface area contributed by atoms with Crippen molar-refractivity contribution in [2.45, 2.75) is 18.6 Å². The number of aliphatic hydroxyl groups is 2. The van der Waals surface area contributed by atoms with Gasteiger partial charge in [-0.3, -0.25) is 4.79 Å². The zero-order valence-corrected chi connectivity index (χ0v) is 9.92. The second-order valence-corrected chi connectivity index (χ2v) is 4.21. The van der Waals surface area contributed by atoms with Crippen LogP contribution in [0.4, 0.5) is 0 Å². The van der Waals surface area contributed by atoms with E-state index in [4.69, 9.17) is 10.2 Å². The van der Waals surface area contributed by atoms with Gasteiger partial charge in [0.1, 0.15) is 6.04 Å². The molecule has 0 fully saturated rings. The van der Waals surface area contributed by atoms with E-state index in [1.807, 2.05) is 0 Å². The molecule has 90 valence electrons. The van der Waals surface area contributed by atoms with Crippen molar-refractivity contribution in [1.29, 1.82) is 0 Å². The van der Waals surface area contributed by atoms with Crippen LogP contribution >= 0.6 is 11.8 Å². The number of hydrogen-bond donors (Lipinski definition) is 3. The Morgan fingerprint density at radius 3 is 2.73 bits per heavy atom. The summed E-state index contributed by atoms with van der Waals surface area (Å²) in [4.78, 5) is 11.1. The molecule has 6 heteroatoms. The minimum absolute atomic E-state index is 0.223. The lowest BCUT2D eigenvalue weighted by atomic mass is 10.2.